The lowest BCUT2D eigenvalue weighted by Gasteiger charge is -2.17. The molecule has 0 spiro atoms. The maximum absolute atomic E-state index is 12.2. The maximum Gasteiger partial charge on any atom is 0.270 e. The van der Waals surface area contributed by atoms with E-state index in [1.807, 2.05) is 6.92 Å². The SMILES string of the molecule is C#CCCCN(C#C)S(=O)(=O)c1ccc(C)cc1. The van der Waals surface area contributed by atoms with E-state index in [0.29, 0.717) is 12.8 Å². The molecule has 1 aromatic carbocycles. The van der Waals surface area contributed by atoms with Crippen LogP contribution in [0.3, 0.4) is 0 Å². The highest BCUT2D eigenvalue weighted by Gasteiger charge is 2.21. The summed E-state index contributed by atoms with van der Waals surface area (Å²) >= 11 is 0. The van der Waals surface area contributed by atoms with Crippen LogP contribution in [0.15, 0.2) is 29.2 Å². The van der Waals surface area contributed by atoms with Crippen LogP contribution in [0, 0.1) is 31.7 Å². The van der Waals surface area contributed by atoms with Gasteiger partial charge in [-0.25, -0.2) is 12.7 Å². The number of hydrogen-bond donors (Lipinski definition) is 0. The van der Waals surface area contributed by atoms with Crippen molar-refractivity contribution in [2.75, 3.05) is 6.54 Å². The van der Waals surface area contributed by atoms with Crippen LogP contribution in [-0.4, -0.2) is 19.3 Å². The second-order valence-corrected chi connectivity index (χ2v) is 5.69. The summed E-state index contributed by atoms with van der Waals surface area (Å²) in [4.78, 5) is 0.201. The van der Waals surface area contributed by atoms with Gasteiger partial charge < -0.3 is 0 Å². The van der Waals surface area contributed by atoms with Gasteiger partial charge in [-0.1, -0.05) is 24.1 Å². The molecule has 18 heavy (non-hydrogen) atoms. The summed E-state index contributed by atoms with van der Waals surface area (Å²) in [6, 6.07) is 8.77. The quantitative estimate of drug-likeness (QED) is 0.462. The van der Waals surface area contributed by atoms with Gasteiger partial charge in [0, 0.05) is 19.0 Å². The maximum atomic E-state index is 12.2. The highest BCUT2D eigenvalue weighted by Crippen LogP contribution is 2.16. The molecule has 0 amide bonds. The second kappa shape index (κ2) is 6.14. The minimum atomic E-state index is -3.62. The fraction of sp³-hybridized carbons (Fsp3) is 0.286. The summed E-state index contributed by atoms with van der Waals surface area (Å²) < 4.78 is 25.4. The van der Waals surface area contributed by atoms with Gasteiger partial charge in [0.2, 0.25) is 0 Å². The van der Waals surface area contributed by atoms with Crippen molar-refractivity contribution in [3.05, 3.63) is 29.8 Å². The fourth-order valence-electron chi connectivity index (χ4n) is 1.42. The highest BCUT2D eigenvalue weighted by molar-refractivity contribution is 7.89. The zero-order chi connectivity index (χ0) is 13.6. The summed E-state index contributed by atoms with van der Waals surface area (Å²) in [5.74, 6) is 2.46. The third kappa shape index (κ3) is 3.29. The fourth-order valence-corrected chi connectivity index (χ4v) is 2.66. The lowest BCUT2D eigenvalue weighted by molar-refractivity contribution is 0.504. The Bertz CT molecular complexity index is 574. The highest BCUT2D eigenvalue weighted by atomic mass is 32.2. The van der Waals surface area contributed by atoms with Gasteiger partial charge >= 0.3 is 0 Å². The molecule has 0 atom stereocenters. The molecule has 0 bridgehead atoms. The smallest absolute Gasteiger partial charge is 0.225 e. The van der Waals surface area contributed by atoms with Crippen molar-refractivity contribution in [2.45, 2.75) is 24.7 Å². The molecule has 94 valence electrons. The van der Waals surface area contributed by atoms with Gasteiger partial charge in [-0.05, 0) is 25.5 Å². The average Bonchev–Trinajstić information content (AvgIpc) is 2.35. The molecule has 0 radical (unpaired) electrons. The zero-order valence-electron chi connectivity index (χ0n) is 10.3. The summed E-state index contributed by atoms with van der Waals surface area (Å²) in [7, 11) is -3.62. The first-order valence-electron chi connectivity index (χ1n) is 5.51. The Balaban J connectivity index is 2.94. The van der Waals surface area contributed by atoms with Gasteiger partial charge in [-0.3, -0.25) is 0 Å². The number of rotatable bonds is 5. The van der Waals surface area contributed by atoms with Crippen molar-refractivity contribution < 1.29 is 8.42 Å². The summed E-state index contributed by atoms with van der Waals surface area (Å²) in [6.45, 7) is 2.12. The first kappa shape index (κ1) is 14.2. The lowest BCUT2D eigenvalue weighted by Crippen LogP contribution is -2.27. The van der Waals surface area contributed by atoms with Crippen LogP contribution in [0.1, 0.15) is 18.4 Å². The summed E-state index contributed by atoms with van der Waals surface area (Å²) in [5.41, 5.74) is 0.994. The zero-order valence-corrected chi connectivity index (χ0v) is 11.1. The predicted molar refractivity (Wildman–Crippen MR) is 72.0 cm³/mol. The van der Waals surface area contributed by atoms with E-state index >= 15 is 0 Å². The van der Waals surface area contributed by atoms with Crippen LogP contribution in [0.25, 0.3) is 0 Å². The molecule has 0 N–H and O–H groups in total. The molecule has 0 aliphatic heterocycles. The summed E-state index contributed by atoms with van der Waals surface area (Å²) in [5, 5.41) is 0. The van der Waals surface area contributed by atoms with Crippen LogP contribution < -0.4 is 0 Å². The molecule has 0 aliphatic carbocycles. The predicted octanol–water partition coefficient (Wildman–Crippen LogP) is 1.99. The largest absolute Gasteiger partial charge is 0.270 e. The van der Waals surface area contributed by atoms with Crippen molar-refractivity contribution in [3.8, 4) is 24.8 Å². The molecule has 0 saturated carbocycles. The minimum absolute atomic E-state index is 0.201. The number of unbranched alkanes of at least 4 members (excludes halogenated alkanes) is 1. The van der Waals surface area contributed by atoms with Crippen molar-refractivity contribution in [1.29, 1.82) is 0 Å². The molecular formula is C14H15NO2S. The van der Waals surface area contributed by atoms with Crippen molar-refractivity contribution in [1.82, 2.24) is 4.31 Å². The van der Waals surface area contributed by atoms with Gasteiger partial charge in [0.25, 0.3) is 10.0 Å². The molecular weight excluding hydrogens is 246 g/mol. The Morgan fingerprint density at radius 3 is 2.33 bits per heavy atom. The Morgan fingerprint density at radius 1 is 1.22 bits per heavy atom. The Kier molecular flexibility index (Phi) is 4.83. The van der Waals surface area contributed by atoms with Crippen molar-refractivity contribution in [3.63, 3.8) is 0 Å². The Hall–Kier alpha value is -1.91. The topological polar surface area (TPSA) is 37.4 Å². The van der Waals surface area contributed by atoms with Gasteiger partial charge in [0.1, 0.15) is 0 Å². The molecule has 1 aromatic rings. The first-order valence-corrected chi connectivity index (χ1v) is 6.95. The number of nitrogens with zero attached hydrogens (tertiary/aromatic N) is 1. The van der Waals surface area contributed by atoms with E-state index in [2.05, 4.69) is 12.0 Å². The standard InChI is InChI=1S/C14H15NO2S/c1-4-6-7-12-15(5-2)18(16,17)14-10-8-13(3)9-11-14/h1-2,8-11H,6-7,12H2,3H3. The number of terminal acetylenes is 2. The summed E-state index contributed by atoms with van der Waals surface area (Å²) in [6.07, 6.45) is 11.4. The van der Waals surface area contributed by atoms with Crippen LogP contribution in [0.4, 0.5) is 0 Å². The monoisotopic (exact) mass is 261 g/mol. The Labute approximate surface area is 109 Å². The molecule has 0 aromatic heterocycles. The molecule has 0 aliphatic rings. The number of benzene rings is 1. The Morgan fingerprint density at radius 2 is 1.83 bits per heavy atom. The van der Waals surface area contributed by atoms with E-state index in [4.69, 9.17) is 12.8 Å². The van der Waals surface area contributed by atoms with Crippen LogP contribution in [-0.2, 0) is 10.0 Å². The third-order valence-corrected chi connectivity index (χ3v) is 4.17. The number of hydrogen-bond acceptors (Lipinski definition) is 2. The normalized spacial score (nSPS) is 10.4. The van der Waals surface area contributed by atoms with E-state index in [0.717, 1.165) is 9.87 Å². The number of sulfonamides is 1. The molecule has 0 heterocycles. The van der Waals surface area contributed by atoms with Crippen LogP contribution >= 0.6 is 0 Å². The lowest BCUT2D eigenvalue weighted by atomic mass is 10.2. The van der Waals surface area contributed by atoms with Crippen molar-refractivity contribution >= 4 is 10.0 Å². The molecule has 0 fully saturated rings. The van der Waals surface area contributed by atoms with Crippen molar-refractivity contribution in [2.24, 2.45) is 0 Å². The van der Waals surface area contributed by atoms with Gasteiger partial charge in [0.05, 0.1) is 4.90 Å². The van der Waals surface area contributed by atoms with Crippen LogP contribution in [0.2, 0.25) is 0 Å². The van der Waals surface area contributed by atoms with Crippen LogP contribution in [0.5, 0.6) is 0 Å². The molecule has 3 nitrogen and oxygen atoms in total. The van der Waals surface area contributed by atoms with Gasteiger partial charge in [-0.15, -0.1) is 12.3 Å². The average molecular weight is 261 g/mol. The third-order valence-electron chi connectivity index (χ3n) is 2.44. The van der Waals surface area contributed by atoms with E-state index in [1.165, 1.54) is 0 Å². The van der Waals surface area contributed by atoms with E-state index in [9.17, 15) is 8.42 Å². The minimum Gasteiger partial charge on any atom is -0.225 e. The van der Waals surface area contributed by atoms with Gasteiger partial charge in [-0.2, -0.15) is 0 Å². The first-order chi connectivity index (χ1) is 8.52. The second-order valence-electron chi connectivity index (χ2n) is 3.83. The molecule has 0 unspecified atom stereocenters. The molecule has 4 heteroatoms. The molecule has 1 rings (SSSR count). The number of aryl methyl sites for hydroxylation is 1. The van der Waals surface area contributed by atoms with E-state index < -0.39 is 10.0 Å². The molecule has 0 saturated heterocycles. The van der Waals surface area contributed by atoms with E-state index in [-0.39, 0.29) is 11.4 Å². The van der Waals surface area contributed by atoms with E-state index in [1.54, 1.807) is 24.3 Å². The van der Waals surface area contributed by atoms with Gasteiger partial charge in [0.15, 0.2) is 0 Å².